The van der Waals surface area contributed by atoms with Crippen LogP contribution in [0.1, 0.15) is 11.1 Å². The number of hydrogen-bond donors (Lipinski definition) is 2. The Hall–Kier alpha value is -1.86. The molecule has 0 spiro atoms. The van der Waals surface area contributed by atoms with Gasteiger partial charge in [0.1, 0.15) is 5.69 Å². The lowest BCUT2D eigenvalue weighted by Crippen LogP contribution is -1.87. The third-order valence-electron chi connectivity index (χ3n) is 3.15. The molecule has 116 valence electrons. The zero-order chi connectivity index (χ0) is 16.2. The summed E-state index contributed by atoms with van der Waals surface area (Å²) in [7, 11) is -1.29. The highest BCUT2D eigenvalue weighted by Crippen LogP contribution is 2.44. The Morgan fingerprint density at radius 2 is 1.96 bits per heavy atom. The van der Waals surface area contributed by atoms with Crippen molar-refractivity contribution < 1.29 is 9.66 Å². The second-order valence-corrected chi connectivity index (χ2v) is 7.76. The van der Waals surface area contributed by atoms with Crippen LogP contribution in [0.5, 0.6) is 5.75 Å². The molecule has 1 aliphatic rings. The highest BCUT2D eigenvalue weighted by atomic mass is 127. The van der Waals surface area contributed by atoms with E-state index in [1.54, 1.807) is 6.07 Å². The van der Waals surface area contributed by atoms with Gasteiger partial charge in [0.15, 0.2) is 5.75 Å². The van der Waals surface area contributed by atoms with Gasteiger partial charge in [-0.25, -0.2) is 0 Å². The highest BCUT2D eigenvalue weighted by molar-refractivity contribution is 14.2. The summed E-state index contributed by atoms with van der Waals surface area (Å²) in [6, 6.07) is 11.0. The molecule has 0 amide bonds. The number of phenols is 1. The summed E-state index contributed by atoms with van der Waals surface area (Å²) in [6.45, 7) is 0. The number of fused-ring (bicyclic) bond motifs is 1. The molecule has 0 aliphatic carbocycles. The van der Waals surface area contributed by atoms with E-state index in [0.717, 1.165) is 5.56 Å². The van der Waals surface area contributed by atoms with Crippen molar-refractivity contribution in [1.29, 1.82) is 0 Å². The number of halogens is 1. The average Bonchev–Trinajstić information content (AvgIpc) is 2.80. The SMILES string of the molecule is C=S(O)c1cc2c(c(O)c1N=Nc1ccccc1)C=CI=C=C2. The Morgan fingerprint density at radius 1 is 1.17 bits per heavy atom. The number of azo groups is 1. The molecule has 0 aromatic heterocycles. The lowest BCUT2D eigenvalue weighted by Gasteiger charge is -2.11. The average molecular weight is 436 g/mol. The summed E-state index contributed by atoms with van der Waals surface area (Å²) < 4.78 is 15.2. The molecule has 23 heavy (non-hydrogen) atoms. The molecule has 2 aromatic carbocycles. The molecule has 1 aliphatic heterocycles. The molecule has 2 aromatic rings. The quantitative estimate of drug-likeness (QED) is 0.368. The Morgan fingerprint density at radius 3 is 2.70 bits per heavy atom. The van der Waals surface area contributed by atoms with E-state index in [9.17, 15) is 9.66 Å². The number of aromatic hydroxyl groups is 1. The van der Waals surface area contributed by atoms with Crippen LogP contribution in [0.2, 0.25) is 0 Å². The van der Waals surface area contributed by atoms with Crippen molar-refractivity contribution in [3.63, 3.8) is 0 Å². The van der Waals surface area contributed by atoms with E-state index in [2.05, 4.69) is 19.8 Å². The van der Waals surface area contributed by atoms with Gasteiger partial charge >= 0.3 is 0 Å². The first kappa shape index (κ1) is 16.0. The molecular weight excluding hydrogens is 423 g/mol. The minimum Gasteiger partial charge on any atom is -0.505 e. The number of rotatable bonds is 3. The normalized spacial score (nSPS) is 14.3. The Bertz CT molecular complexity index is 899. The van der Waals surface area contributed by atoms with E-state index in [0.29, 0.717) is 16.1 Å². The summed E-state index contributed by atoms with van der Waals surface area (Å²) in [4.78, 5) is 0.465. The maximum absolute atomic E-state index is 10.6. The predicted octanol–water partition coefficient (Wildman–Crippen LogP) is 5.71. The molecular formula is C17H13IN2O2S. The molecule has 2 N–H and O–H groups in total. The monoisotopic (exact) mass is 436 g/mol. The zero-order valence-corrected chi connectivity index (χ0v) is 15.0. The van der Waals surface area contributed by atoms with Gasteiger partial charge in [-0.15, -0.1) is 5.11 Å². The fourth-order valence-corrected chi connectivity index (χ4v) is 3.95. The first-order valence-corrected chi connectivity index (χ1v) is 10.3. The first-order chi connectivity index (χ1) is 11.2. The third kappa shape index (κ3) is 3.56. The highest BCUT2D eigenvalue weighted by Gasteiger charge is 2.17. The van der Waals surface area contributed by atoms with Crippen LogP contribution in [0.4, 0.5) is 11.4 Å². The van der Waals surface area contributed by atoms with Crippen molar-refractivity contribution in [3.05, 3.63) is 51.6 Å². The topological polar surface area (TPSA) is 65.2 Å². The Kier molecular flexibility index (Phi) is 4.97. The van der Waals surface area contributed by atoms with Gasteiger partial charge in [0.2, 0.25) is 0 Å². The number of nitrogens with zero attached hydrogens (tertiary/aromatic N) is 2. The number of benzene rings is 2. The van der Waals surface area contributed by atoms with Crippen molar-refractivity contribution in [2.75, 3.05) is 0 Å². The second kappa shape index (κ2) is 7.14. The largest absolute Gasteiger partial charge is 0.505 e. The van der Waals surface area contributed by atoms with E-state index in [-0.39, 0.29) is 32.2 Å². The zero-order valence-electron chi connectivity index (χ0n) is 12.0. The fourth-order valence-electron chi connectivity index (χ4n) is 2.06. The van der Waals surface area contributed by atoms with E-state index >= 15 is 0 Å². The van der Waals surface area contributed by atoms with Gasteiger partial charge in [0.25, 0.3) is 0 Å². The number of hydrogen-bond acceptors (Lipinski definition) is 4. The lowest BCUT2D eigenvalue weighted by molar-refractivity contribution is 0.473. The maximum Gasteiger partial charge on any atom is 0.152 e. The summed E-state index contributed by atoms with van der Waals surface area (Å²) in [5.74, 6) is 3.67. The van der Waals surface area contributed by atoms with Crippen molar-refractivity contribution >= 4 is 64.6 Å². The van der Waals surface area contributed by atoms with E-state index in [1.807, 2.05) is 46.6 Å². The molecule has 6 heteroatoms. The first-order valence-electron chi connectivity index (χ1n) is 6.64. The molecule has 1 atom stereocenters. The second-order valence-electron chi connectivity index (χ2n) is 4.63. The smallest absolute Gasteiger partial charge is 0.152 e. The molecule has 4 nitrogen and oxygen atoms in total. The maximum atomic E-state index is 10.6. The predicted molar refractivity (Wildman–Crippen MR) is 107 cm³/mol. The summed E-state index contributed by atoms with van der Waals surface area (Å²) in [5.41, 5.74) is 2.40. The molecule has 3 rings (SSSR count). The van der Waals surface area contributed by atoms with Crippen molar-refractivity contribution in [3.8, 4) is 5.75 Å². The van der Waals surface area contributed by atoms with E-state index < -0.39 is 10.8 Å². The van der Waals surface area contributed by atoms with Gasteiger partial charge in [0.05, 0.1) is 10.6 Å². The van der Waals surface area contributed by atoms with E-state index in [1.165, 1.54) is 0 Å². The van der Waals surface area contributed by atoms with Gasteiger partial charge in [-0.2, -0.15) is 5.11 Å². The molecule has 0 fully saturated rings. The molecule has 0 saturated carbocycles. The minimum absolute atomic E-state index is 0.00703. The third-order valence-corrected chi connectivity index (χ3v) is 5.36. The van der Waals surface area contributed by atoms with Crippen LogP contribution in [0.3, 0.4) is 0 Å². The summed E-state index contributed by atoms with van der Waals surface area (Å²) >= 11 is -0.282. The lowest BCUT2D eigenvalue weighted by atomic mass is 10.1. The minimum atomic E-state index is -1.29. The van der Waals surface area contributed by atoms with Crippen LogP contribution < -0.4 is 0 Å². The Balaban J connectivity index is 2.16. The summed E-state index contributed by atoms with van der Waals surface area (Å²) in [5, 5.41) is 18.9. The summed E-state index contributed by atoms with van der Waals surface area (Å²) in [6.07, 6.45) is 3.72. The van der Waals surface area contributed by atoms with Gasteiger partial charge in [-0.3, -0.25) is 0 Å². The van der Waals surface area contributed by atoms with Crippen LogP contribution >= 0.6 is 31.5 Å². The number of phenolic OH excluding ortho intramolecular Hbond substituents is 1. The molecule has 1 heterocycles. The van der Waals surface area contributed by atoms with Crippen molar-refractivity contribution in [2.45, 2.75) is 4.90 Å². The van der Waals surface area contributed by atoms with Gasteiger partial charge < -0.3 is 9.66 Å². The van der Waals surface area contributed by atoms with Crippen LogP contribution in [0.15, 0.2) is 55.6 Å². The molecule has 0 saturated heterocycles. The fraction of sp³-hybridized carbons (Fsp3) is 0. The standard InChI is InChI=1S/C17H13IN2O2S/c1-23(22)15-11-12-7-9-18-10-8-14(12)17(21)16(15)20-19-13-5-3-2-4-6-13/h2-8,10-11,21-22H,1H2. The van der Waals surface area contributed by atoms with Crippen molar-refractivity contribution in [2.24, 2.45) is 10.2 Å². The van der Waals surface area contributed by atoms with Crippen LogP contribution in [0.25, 0.3) is 12.2 Å². The molecule has 1 unspecified atom stereocenters. The molecule has 0 bridgehead atoms. The molecule has 0 radical (unpaired) electrons. The van der Waals surface area contributed by atoms with Crippen molar-refractivity contribution in [1.82, 2.24) is 0 Å². The Labute approximate surface area is 146 Å². The van der Waals surface area contributed by atoms with Gasteiger partial charge in [-0.05, 0) is 77.4 Å². The van der Waals surface area contributed by atoms with Crippen LogP contribution in [-0.4, -0.2) is 19.2 Å². The van der Waals surface area contributed by atoms with Crippen LogP contribution in [0, 0.1) is 0 Å². The van der Waals surface area contributed by atoms with Crippen LogP contribution in [-0.2, 0) is 0 Å². The van der Waals surface area contributed by atoms with E-state index in [4.69, 9.17) is 0 Å². The van der Waals surface area contributed by atoms with Gasteiger partial charge in [-0.1, -0.05) is 21.9 Å². The van der Waals surface area contributed by atoms with Gasteiger partial charge in [0, 0.05) is 5.56 Å².